The molecular formula is C23H23ClN6O3S2. The fourth-order valence-corrected chi connectivity index (χ4v) is 6.15. The summed E-state index contributed by atoms with van der Waals surface area (Å²) in [5.41, 5.74) is 1.85. The van der Waals surface area contributed by atoms with Gasteiger partial charge in [-0.2, -0.15) is 4.37 Å². The maximum atomic E-state index is 13.1. The summed E-state index contributed by atoms with van der Waals surface area (Å²) in [5, 5.41) is 1.91. The number of halogens is 1. The Labute approximate surface area is 212 Å². The van der Waals surface area contributed by atoms with Crippen molar-refractivity contribution < 1.29 is 13.2 Å². The molecule has 0 saturated carbocycles. The highest BCUT2D eigenvalue weighted by molar-refractivity contribution is 7.93. The lowest BCUT2D eigenvalue weighted by molar-refractivity contribution is -0.134. The molecule has 1 unspecified atom stereocenters. The Morgan fingerprint density at radius 3 is 2.69 bits per heavy atom. The van der Waals surface area contributed by atoms with E-state index in [1.807, 2.05) is 46.9 Å². The van der Waals surface area contributed by atoms with Gasteiger partial charge in [-0.25, -0.2) is 13.4 Å². The van der Waals surface area contributed by atoms with Gasteiger partial charge in [0.15, 0.2) is 0 Å². The molecule has 0 spiro atoms. The third-order valence-corrected chi connectivity index (χ3v) is 8.38. The minimum atomic E-state index is -3.73. The molecule has 1 saturated heterocycles. The van der Waals surface area contributed by atoms with E-state index in [2.05, 4.69) is 19.0 Å². The van der Waals surface area contributed by atoms with E-state index in [-0.39, 0.29) is 28.5 Å². The van der Waals surface area contributed by atoms with Gasteiger partial charge in [-0.3, -0.25) is 9.52 Å². The van der Waals surface area contributed by atoms with Gasteiger partial charge < -0.3 is 14.4 Å². The molecule has 35 heavy (non-hydrogen) atoms. The Kier molecular flexibility index (Phi) is 6.39. The minimum absolute atomic E-state index is 0.00384. The van der Waals surface area contributed by atoms with Gasteiger partial charge in [0.05, 0.1) is 4.90 Å². The monoisotopic (exact) mass is 530 g/mol. The second kappa shape index (κ2) is 9.48. The molecule has 12 heteroatoms. The van der Waals surface area contributed by atoms with Crippen molar-refractivity contribution in [2.24, 2.45) is 0 Å². The molecule has 1 N–H and O–H groups in total. The average Bonchev–Trinajstić information content (AvgIpc) is 3.48. The van der Waals surface area contributed by atoms with Gasteiger partial charge in [0.2, 0.25) is 11.0 Å². The zero-order chi connectivity index (χ0) is 24.6. The summed E-state index contributed by atoms with van der Waals surface area (Å²) in [6.07, 6.45) is 3.21. The van der Waals surface area contributed by atoms with E-state index >= 15 is 0 Å². The molecular weight excluding hydrogens is 508 g/mol. The van der Waals surface area contributed by atoms with E-state index in [9.17, 15) is 13.2 Å². The largest absolute Gasteiger partial charge is 0.368 e. The number of nitrogens with zero attached hydrogens (tertiary/aromatic N) is 5. The zero-order valence-corrected chi connectivity index (χ0v) is 21.2. The summed E-state index contributed by atoms with van der Waals surface area (Å²) in [6, 6.07) is 14.4. The maximum Gasteiger partial charge on any atom is 0.263 e. The average molecular weight is 531 g/mol. The molecule has 1 aliphatic rings. The molecule has 9 nitrogen and oxygen atoms in total. The van der Waals surface area contributed by atoms with E-state index in [1.54, 1.807) is 24.3 Å². The molecule has 5 rings (SSSR count). The van der Waals surface area contributed by atoms with E-state index in [0.29, 0.717) is 24.7 Å². The van der Waals surface area contributed by atoms with Gasteiger partial charge in [-0.15, -0.1) is 0 Å². The Balaban J connectivity index is 1.23. The molecule has 2 aromatic heterocycles. The first-order valence-corrected chi connectivity index (χ1v) is 13.6. The lowest BCUT2D eigenvalue weighted by atomic mass is 10.1. The number of nitrogens with one attached hydrogen (secondary N) is 1. The van der Waals surface area contributed by atoms with Crippen LogP contribution in [0.5, 0.6) is 0 Å². The number of benzene rings is 2. The van der Waals surface area contributed by atoms with Crippen molar-refractivity contribution in [2.45, 2.75) is 24.4 Å². The number of sulfonamides is 1. The van der Waals surface area contributed by atoms with E-state index in [0.717, 1.165) is 28.1 Å². The second-order valence-corrected chi connectivity index (χ2v) is 11.3. The Hall–Kier alpha value is -3.15. The van der Waals surface area contributed by atoms with E-state index in [4.69, 9.17) is 11.6 Å². The van der Waals surface area contributed by atoms with Crippen LogP contribution < -0.4 is 9.62 Å². The number of anilines is 2. The minimum Gasteiger partial charge on any atom is -0.368 e. The van der Waals surface area contributed by atoms with Crippen molar-refractivity contribution in [1.82, 2.24) is 18.8 Å². The van der Waals surface area contributed by atoms with Crippen LogP contribution in [0.3, 0.4) is 0 Å². The molecule has 0 aliphatic carbocycles. The van der Waals surface area contributed by atoms with Crippen LogP contribution >= 0.6 is 23.1 Å². The van der Waals surface area contributed by atoms with Crippen LogP contribution in [0.25, 0.3) is 10.9 Å². The number of rotatable bonds is 6. The van der Waals surface area contributed by atoms with Gasteiger partial charge in [-0.1, -0.05) is 17.7 Å². The van der Waals surface area contributed by atoms with Crippen LogP contribution in [0.2, 0.25) is 5.02 Å². The number of piperazine rings is 1. The molecule has 3 heterocycles. The lowest BCUT2D eigenvalue weighted by Crippen LogP contribution is -2.54. The van der Waals surface area contributed by atoms with Gasteiger partial charge in [-0.05, 0) is 54.8 Å². The fraction of sp³-hybridized carbons (Fsp3) is 0.261. The number of aromatic nitrogens is 3. The second-order valence-electron chi connectivity index (χ2n) is 8.37. The molecule has 182 valence electrons. The van der Waals surface area contributed by atoms with Crippen LogP contribution in [-0.2, 0) is 21.4 Å². The first kappa shape index (κ1) is 23.6. The standard InChI is InChI=1S/C23H23ClN6O3S2/c1-16-13-28(19-4-6-20(7-5-19)35(32,33)27-23-25-15-26-34-23)10-11-30(16)22(31)14-29-9-8-17-2-3-18(24)12-21(17)29/h2-9,12,15-16H,10-11,13-14H2,1H3,(H,25,26,27). The number of fused-ring (bicyclic) bond motifs is 1. The third kappa shape index (κ3) is 4.97. The highest BCUT2D eigenvalue weighted by atomic mass is 35.5. The molecule has 0 bridgehead atoms. The SMILES string of the molecule is CC1CN(c2ccc(S(=O)(=O)Nc3ncns3)cc2)CCN1C(=O)Cn1ccc2ccc(Cl)cc21. The van der Waals surface area contributed by atoms with Crippen molar-refractivity contribution >= 4 is 60.8 Å². The summed E-state index contributed by atoms with van der Waals surface area (Å²) in [7, 11) is -3.73. The summed E-state index contributed by atoms with van der Waals surface area (Å²) in [5.74, 6) is 0.0545. The number of carbonyl (C=O) groups excluding carboxylic acids is 1. The van der Waals surface area contributed by atoms with Crippen molar-refractivity contribution in [3.8, 4) is 0 Å². The zero-order valence-electron chi connectivity index (χ0n) is 18.8. The highest BCUT2D eigenvalue weighted by Crippen LogP contribution is 2.24. The third-order valence-electron chi connectivity index (χ3n) is 6.08. The maximum absolute atomic E-state index is 13.1. The topological polar surface area (TPSA) is 100 Å². The number of hydrogen-bond donors (Lipinski definition) is 1. The van der Waals surface area contributed by atoms with Gasteiger partial charge in [0.25, 0.3) is 10.0 Å². The number of amides is 1. The molecule has 1 atom stereocenters. The summed E-state index contributed by atoms with van der Waals surface area (Å²) in [4.78, 5) is 21.2. The smallest absolute Gasteiger partial charge is 0.263 e. The Morgan fingerprint density at radius 1 is 1.17 bits per heavy atom. The molecule has 2 aromatic carbocycles. The number of hydrogen-bond acceptors (Lipinski definition) is 7. The molecule has 4 aromatic rings. The quantitative estimate of drug-likeness (QED) is 0.408. The van der Waals surface area contributed by atoms with E-state index < -0.39 is 10.0 Å². The van der Waals surface area contributed by atoms with E-state index in [1.165, 1.54) is 6.33 Å². The fourth-order valence-electron chi connectivity index (χ4n) is 4.32. The molecule has 1 fully saturated rings. The molecule has 0 radical (unpaired) electrons. The van der Waals surface area contributed by atoms with Crippen molar-refractivity contribution in [1.29, 1.82) is 0 Å². The van der Waals surface area contributed by atoms with Crippen molar-refractivity contribution in [3.63, 3.8) is 0 Å². The summed E-state index contributed by atoms with van der Waals surface area (Å²) < 4.78 is 33.2. The Morgan fingerprint density at radius 2 is 1.97 bits per heavy atom. The van der Waals surface area contributed by atoms with Crippen LogP contribution in [-0.4, -0.2) is 58.8 Å². The highest BCUT2D eigenvalue weighted by Gasteiger charge is 2.28. The van der Waals surface area contributed by atoms with Crippen molar-refractivity contribution in [3.05, 3.63) is 66.1 Å². The first-order chi connectivity index (χ1) is 16.8. The summed E-state index contributed by atoms with van der Waals surface area (Å²) in [6.45, 7) is 4.17. The number of carbonyl (C=O) groups is 1. The first-order valence-electron chi connectivity index (χ1n) is 11.0. The lowest BCUT2D eigenvalue weighted by Gasteiger charge is -2.41. The van der Waals surface area contributed by atoms with Gasteiger partial charge in [0, 0.05) is 59.6 Å². The van der Waals surface area contributed by atoms with Crippen LogP contribution in [0.4, 0.5) is 10.8 Å². The normalized spacial score (nSPS) is 16.6. The molecule has 1 amide bonds. The van der Waals surface area contributed by atoms with Crippen molar-refractivity contribution in [2.75, 3.05) is 29.3 Å². The Bertz CT molecular complexity index is 1450. The van der Waals surface area contributed by atoms with Crippen LogP contribution in [0.15, 0.2) is 66.0 Å². The predicted octanol–water partition coefficient (Wildman–Crippen LogP) is 3.68. The van der Waals surface area contributed by atoms with Crippen LogP contribution in [0, 0.1) is 0 Å². The van der Waals surface area contributed by atoms with Gasteiger partial charge >= 0.3 is 0 Å². The predicted molar refractivity (Wildman–Crippen MR) is 137 cm³/mol. The van der Waals surface area contributed by atoms with Crippen LogP contribution in [0.1, 0.15) is 6.92 Å². The van der Waals surface area contributed by atoms with Gasteiger partial charge in [0.1, 0.15) is 12.9 Å². The molecule has 1 aliphatic heterocycles. The summed E-state index contributed by atoms with van der Waals surface area (Å²) >= 11 is 7.12.